The summed E-state index contributed by atoms with van der Waals surface area (Å²) in [6.45, 7) is 8.91. The van der Waals surface area contributed by atoms with Crippen molar-refractivity contribution in [2.75, 3.05) is 0 Å². The van der Waals surface area contributed by atoms with Crippen LogP contribution in [0.2, 0.25) is 0 Å². The first-order chi connectivity index (χ1) is 9.60. The summed E-state index contributed by atoms with van der Waals surface area (Å²) in [5.74, 6) is 0.137. The van der Waals surface area contributed by atoms with E-state index in [0.29, 0.717) is 17.7 Å². The molecule has 2 aliphatic rings. The molecule has 3 rings (SSSR count). The van der Waals surface area contributed by atoms with Gasteiger partial charge in [-0.15, -0.1) is 0 Å². The van der Waals surface area contributed by atoms with Gasteiger partial charge in [0, 0.05) is 6.07 Å². The number of carbonyl (C=O) groups is 1. The Morgan fingerprint density at radius 3 is 2.29 bits per heavy atom. The Morgan fingerprint density at radius 2 is 1.67 bits per heavy atom. The molecule has 3 heteroatoms. The molecule has 0 unspecified atom stereocenters. The van der Waals surface area contributed by atoms with Crippen LogP contribution in [0.4, 0.5) is 4.39 Å². The molecular formula is C18H23FO2. The first kappa shape index (κ1) is 14.6. The van der Waals surface area contributed by atoms with Crippen LogP contribution >= 0.6 is 0 Å². The molecule has 0 aromatic heterocycles. The van der Waals surface area contributed by atoms with E-state index in [0.717, 1.165) is 19.3 Å². The van der Waals surface area contributed by atoms with Crippen LogP contribution in [0.25, 0.3) is 0 Å². The van der Waals surface area contributed by atoms with Gasteiger partial charge in [0.05, 0.1) is 12.0 Å². The highest BCUT2D eigenvalue weighted by atomic mass is 19.1. The third kappa shape index (κ3) is 2.70. The normalized spacial score (nSPS) is 25.3. The molecule has 2 nitrogen and oxygen atoms in total. The Labute approximate surface area is 125 Å². The van der Waals surface area contributed by atoms with Crippen molar-refractivity contribution < 1.29 is 13.9 Å². The highest BCUT2D eigenvalue weighted by molar-refractivity contribution is 6.00. The molecule has 21 heavy (non-hydrogen) atoms. The third-order valence-corrected chi connectivity index (χ3v) is 4.61. The van der Waals surface area contributed by atoms with Crippen molar-refractivity contribution >= 4 is 5.78 Å². The molecule has 0 bridgehead atoms. The molecule has 1 spiro atoms. The first-order valence-corrected chi connectivity index (χ1v) is 7.62. The van der Waals surface area contributed by atoms with Crippen molar-refractivity contribution in [3.8, 4) is 5.75 Å². The monoisotopic (exact) mass is 290 g/mol. The quantitative estimate of drug-likeness (QED) is 0.688. The molecule has 1 aliphatic carbocycles. The lowest BCUT2D eigenvalue weighted by Gasteiger charge is -2.52. The van der Waals surface area contributed by atoms with Crippen molar-refractivity contribution in [1.82, 2.24) is 0 Å². The van der Waals surface area contributed by atoms with E-state index < -0.39 is 5.60 Å². The molecule has 0 amide bonds. The molecule has 1 fully saturated rings. The predicted molar refractivity (Wildman–Crippen MR) is 80.1 cm³/mol. The average Bonchev–Trinajstić information content (AvgIpc) is 2.22. The molecule has 0 radical (unpaired) electrons. The second-order valence-corrected chi connectivity index (χ2v) is 8.38. The Bertz CT molecular complexity index is 585. The molecule has 114 valence electrons. The Kier molecular flexibility index (Phi) is 2.99. The van der Waals surface area contributed by atoms with Crippen molar-refractivity contribution in [3.63, 3.8) is 0 Å². The van der Waals surface area contributed by atoms with Crippen molar-refractivity contribution in [2.24, 2.45) is 10.8 Å². The lowest BCUT2D eigenvalue weighted by Crippen LogP contribution is -2.52. The maximum absolute atomic E-state index is 13.5. The highest BCUT2D eigenvalue weighted by Crippen LogP contribution is 2.54. The summed E-state index contributed by atoms with van der Waals surface area (Å²) in [7, 11) is 0. The van der Waals surface area contributed by atoms with Gasteiger partial charge in [0.1, 0.15) is 17.2 Å². The van der Waals surface area contributed by atoms with Crippen molar-refractivity contribution in [2.45, 2.75) is 59.0 Å². The number of halogens is 1. The maximum atomic E-state index is 13.5. The molecule has 1 aromatic rings. The molecule has 1 saturated carbocycles. The van der Waals surface area contributed by atoms with Gasteiger partial charge >= 0.3 is 0 Å². The summed E-state index contributed by atoms with van der Waals surface area (Å²) in [6.07, 6.45) is 3.18. The minimum Gasteiger partial charge on any atom is -0.486 e. The Morgan fingerprint density at radius 1 is 1.05 bits per heavy atom. The summed E-state index contributed by atoms with van der Waals surface area (Å²) < 4.78 is 19.7. The van der Waals surface area contributed by atoms with Gasteiger partial charge in [-0.1, -0.05) is 27.7 Å². The van der Waals surface area contributed by atoms with Gasteiger partial charge in [-0.3, -0.25) is 4.79 Å². The number of hydrogen-bond acceptors (Lipinski definition) is 2. The van der Waals surface area contributed by atoms with E-state index in [2.05, 4.69) is 27.7 Å². The van der Waals surface area contributed by atoms with Gasteiger partial charge in [-0.05, 0) is 42.2 Å². The van der Waals surface area contributed by atoms with E-state index in [1.54, 1.807) is 6.07 Å². The number of rotatable bonds is 0. The summed E-state index contributed by atoms with van der Waals surface area (Å²) in [5, 5.41) is 0. The minimum atomic E-state index is -0.483. The number of carbonyl (C=O) groups excluding carboxylic acids is 1. The molecule has 1 heterocycles. The standard InChI is InChI=1S/C18H23FO2/c1-16(2)9-17(3,4)11-18(10-16)8-14(20)13-6-5-12(19)7-15(13)21-18/h5-7H,8-11H2,1-4H3. The number of fused-ring (bicyclic) bond motifs is 1. The second kappa shape index (κ2) is 4.31. The molecule has 1 aliphatic heterocycles. The number of Topliss-reactive ketones (excluding diaryl/α,β-unsaturated/α-hetero) is 1. The average molecular weight is 290 g/mol. The van der Waals surface area contributed by atoms with Crippen LogP contribution < -0.4 is 4.74 Å². The largest absolute Gasteiger partial charge is 0.486 e. The van der Waals surface area contributed by atoms with Gasteiger partial charge < -0.3 is 4.74 Å². The number of ketones is 1. The minimum absolute atomic E-state index is 0.0738. The van der Waals surface area contributed by atoms with Gasteiger partial charge in [0.15, 0.2) is 5.78 Å². The zero-order chi connectivity index (χ0) is 15.5. The summed E-state index contributed by atoms with van der Waals surface area (Å²) in [5.41, 5.74) is 0.270. The van der Waals surface area contributed by atoms with Crippen LogP contribution in [-0.4, -0.2) is 11.4 Å². The fourth-order valence-corrected chi connectivity index (χ4v) is 4.89. The smallest absolute Gasteiger partial charge is 0.170 e. The van der Waals surface area contributed by atoms with Gasteiger partial charge in [0.25, 0.3) is 0 Å². The number of benzene rings is 1. The maximum Gasteiger partial charge on any atom is 0.170 e. The number of hydrogen-bond donors (Lipinski definition) is 0. The Balaban J connectivity index is 2.02. The lowest BCUT2D eigenvalue weighted by molar-refractivity contribution is -0.0715. The van der Waals surface area contributed by atoms with E-state index in [9.17, 15) is 9.18 Å². The zero-order valence-corrected chi connectivity index (χ0v) is 13.3. The molecule has 0 atom stereocenters. The van der Waals surface area contributed by atoms with Crippen LogP contribution in [0, 0.1) is 16.6 Å². The van der Waals surface area contributed by atoms with Crippen LogP contribution in [0.1, 0.15) is 63.7 Å². The summed E-state index contributed by atoms with van der Waals surface area (Å²) in [4.78, 5) is 12.5. The van der Waals surface area contributed by atoms with Gasteiger partial charge in [0.2, 0.25) is 0 Å². The van der Waals surface area contributed by atoms with E-state index in [-0.39, 0.29) is 22.4 Å². The predicted octanol–water partition coefficient (Wildman–Crippen LogP) is 4.77. The van der Waals surface area contributed by atoms with Crippen molar-refractivity contribution in [1.29, 1.82) is 0 Å². The van der Waals surface area contributed by atoms with Gasteiger partial charge in [-0.2, -0.15) is 0 Å². The second-order valence-electron chi connectivity index (χ2n) is 8.38. The van der Waals surface area contributed by atoms with Crippen LogP contribution in [0.3, 0.4) is 0 Å². The molecule has 0 N–H and O–H groups in total. The zero-order valence-electron chi connectivity index (χ0n) is 13.3. The molecular weight excluding hydrogens is 267 g/mol. The fourth-order valence-electron chi connectivity index (χ4n) is 4.89. The topological polar surface area (TPSA) is 26.3 Å². The molecule has 1 aromatic carbocycles. The van der Waals surface area contributed by atoms with E-state index in [1.165, 1.54) is 12.1 Å². The van der Waals surface area contributed by atoms with Crippen LogP contribution in [-0.2, 0) is 0 Å². The van der Waals surface area contributed by atoms with Crippen LogP contribution in [0.15, 0.2) is 18.2 Å². The fraction of sp³-hybridized carbons (Fsp3) is 0.611. The van der Waals surface area contributed by atoms with E-state index >= 15 is 0 Å². The Hall–Kier alpha value is -1.38. The number of ether oxygens (including phenoxy) is 1. The van der Waals surface area contributed by atoms with E-state index in [1.807, 2.05) is 0 Å². The van der Waals surface area contributed by atoms with Crippen LogP contribution in [0.5, 0.6) is 5.75 Å². The summed E-state index contributed by atoms with van der Waals surface area (Å²) in [6, 6.07) is 4.22. The van der Waals surface area contributed by atoms with Crippen molar-refractivity contribution in [3.05, 3.63) is 29.6 Å². The third-order valence-electron chi connectivity index (χ3n) is 4.61. The molecule has 0 saturated heterocycles. The summed E-state index contributed by atoms with van der Waals surface area (Å²) >= 11 is 0. The highest BCUT2D eigenvalue weighted by Gasteiger charge is 2.52. The first-order valence-electron chi connectivity index (χ1n) is 7.62. The lowest BCUT2D eigenvalue weighted by atomic mass is 9.58. The van der Waals surface area contributed by atoms with Gasteiger partial charge in [-0.25, -0.2) is 4.39 Å². The van der Waals surface area contributed by atoms with E-state index in [4.69, 9.17) is 4.74 Å². The SMILES string of the molecule is CC1(C)CC(C)(C)CC2(CC(=O)c3ccc(F)cc3O2)C1.